The van der Waals surface area contributed by atoms with Crippen LogP contribution in [0.5, 0.6) is 0 Å². The zero-order valence-electron chi connectivity index (χ0n) is 15.1. The average Bonchev–Trinajstić information content (AvgIpc) is 2.69. The topological polar surface area (TPSA) is 12.9 Å². The third-order valence-corrected chi connectivity index (χ3v) is 4.81. The molecular weight excluding hydrogens is 314 g/mol. The molecule has 0 aliphatic rings. The van der Waals surface area contributed by atoms with Gasteiger partial charge in [-0.25, -0.2) is 0 Å². The molecule has 0 radical (unpaired) electrons. The normalized spacial score (nSPS) is 10.7. The summed E-state index contributed by atoms with van der Waals surface area (Å²) in [7, 11) is 0. The highest BCUT2D eigenvalue weighted by molar-refractivity contribution is 5.76. The Labute approximate surface area is 155 Å². The number of aryl methyl sites for hydroxylation is 2. The fourth-order valence-electron chi connectivity index (χ4n) is 3.34. The summed E-state index contributed by atoms with van der Waals surface area (Å²) in [4.78, 5) is 4.75. The van der Waals surface area contributed by atoms with Gasteiger partial charge in [0.25, 0.3) is 0 Å². The molecule has 0 fully saturated rings. The number of hydrogen-bond donors (Lipinski definition) is 0. The van der Waals surface area contributed by atoms with Gasteiger partial charge >= 0.3 is 0 Å². The Morgan fingerprint density at radius 3 is 1.77 bits per heavy atom. The number of benzene rings is 3. The summed E-state index contributed by atoms with van der Waals surface area (Å²) in [6, 6.07) is 29.7. The fraction of sp³-hybridized carbons (Fsp3) is 0.0800. The molecule has 0 atom stereocenters. The molecule has 0 amide bonds. The highest BCUT2D eigenvalue weighted by Gasteiger charge is 2.08. The van der Waals surface area contributed by atoms with Crippen LogP contribution in [0.2, 0.25) is 0 Å². The van der Waals surface area contributed by atoms with Crippen molar-refractivity contribution in [2.45, 2.75) is 13.8 Å². The van der Waals surface area contributed by atoms with Crippen LogP contribution in [0, 0.1) is 13.8 Å². The molecule has 26 heavy (non-hydrogen) atoms. The van der Waals surface area contributed by atoms with Crippen molar-refractivity contribution >= 4 is 0 Å². The summed E-state index contributed by atoms with van der Waals surface area (Å²) >= 11 is 0. The van der Waals surface area contributed by atoms with Gasteiger partial charge in [-0.05, 0) is 53.8 Å². The third kappa shape index (κ3) is 3.16. The van der Waals surface area contributed by atoms with Gasteiger partial charge in [0, 0.05) is 17.3 Å². The molecule has 0 saturated heterocycles. The van der Waals surface area contributed by atoms with E-state index in [1.165, 1.54) is 33.4 Å². The van der Waals surface area contributed by atoms with E-state index in [0.717, 1.165) is 11.3 Å². The molecule has 1 nitrogen and oxygen atoms in total. The van der Waals surface area contributed by atoms with Crippen LogP contribution in [0.15, 0.2) is 91.1 Å². The standard InChI is InChI=1S/C25H21N/c1-18-13-14-22(16-23(18)20-9-5-3-6-10-20)25-15-19(2)24(17-26-25)21-11-7-4-8-12-21/h3-17H,1-2H3. The predicted octanol–water partition coefficient (Wildman–Crippen LogP) is 6.70. The number of hydrogen-bond acceptors (Lipinski definition) is 1. The lowest BCUT2D eigenvalue weighted by Gasteiger charge is -2.11. The minimum absolute atomic E-state index is 1.01. The lowest BCUT2D eigenvalue weighted by Crippen LogP contribution is -1.91. The van der Waals surface area contributed by atoms with Gasteiger partial charge in [0.15, 0.2) is 0 Å². The largest absolute Gasteiger partial charge is 0.256 e. The van der Waals surface area contributed by atoms with Gasteiger partial charge in [0.05, 0.1) is 5.69 Å². The van der Waals surface area contributed by atoms with Crippen molar-refractivity contribution in [2.24, 2.45) is 0 Å². The molecule has 0 unspecified atom stereocenters. The Morgan fingerprint density at radius 1 is 0.538 bits per heavy atom. The number of rotatable bonds is 3. The van der Waals surface area contributed by atoms with Crippen LogP contribution >= 0.6 is 0 Å². The quantitative estimate of drug-likeness (QED) is 0.406. The first-order valence-electron chi connectivity index (χ1n) is 8.91. The van der Waals surface area contributed by atoms with Crippen LogP contribution < -0.4 is 0 Å². The Balaban J connectivity index is 1.76. The molecule has 0 aliphatic heterocycles. The molecule has 4 rings (SSSR count). The van der Waals surface area contributed by atoms with E-state index in [1.54, 1.807) is 0 Å². The summed E-state index contributed by atoms with van der Waals surface area (Å²) in [5.41, 5.74) is 9.57. The monoisotopic (exact) mass is 335 g/mol. The van der Waals surface area contributed by atoms with Crippen LogP contribution in [0.1, 0.15) is 11.1 Å². The Hall–Kier alpha value is -3.19. The van der Waals surface area contributed by atoms with E-state index in [9.17, 15) is 0 Å². The average molecular weight is 335 g/mol. The van der Waals surface area contributed by atoms with E-state index in [0.29, 0.717) is 0 Å². The first kappa shape index (κ1) is 16.3. The summed E-state index contributed by atoms with van der Waals surface area (Å²) < 4.78 is 0. The number of aromatic nitrogens is 1. The fourth-order valence-corrected chi connectivity index (χ4v) is 3.34. The first-order chi connectivity index (χ1) is 12.7. The number of pyridine rings is 1. The second kappa shape index (κ2) is 6.97. The van der Waals surface area contributed by atoms with E-state index in [-0.39, 0.29) is 0 Å². The van der Waals surface area contributed by atoms with Crippen LogP contribution in [0.4, 0.5) is 0 Å². The summed E-state index contributed by atoms with van der Waals surface area (Å²) in [5, 5.41) is 0. The molecule has 0 aliphatic carbocycles. The minimum Gasteiger partial charge on any atom is -0.256 e. The smallest absolute Gasteiger partial charge is 0.0705 e. The Bertz CT molecular complexity index is 1030. The van der Waals surface area contributed by atoms with Crippen molar-refractivity contribution in [3.05, 3.63) is 102 Å². The molecular formula is C25H21N. The molecule has 0 N–H and O–H groups in total. The van der Waals surface area contributed by atoms with Crippen LogP contribution in [-0.4, -0.2) is 4.98 Å². The maximum absolute atomic E-state index is 4.75. The first-order valence-corrected chi connectivity index (χ1v) is 8.91. The van der Waals surface area contributed by atoms with Crippen molar-refractivity contribution in [3.8, 4) is 33.5 Å². The highest BCUT2D eigenvalue weighted by atomic mass is 14.7. The van der Waals surface area contributed by atoms with Gasteiger partial charge in [0.1, 0.15) is 0 Å². The third-order valence-electron chi connectivity index (χ3n) is 4.81. The van der Waals surface area contributed by atoms with Crippen molar-refractivity contribution in [1.29, 1.82) is 0 Å². The van der Waals surface area contributed by atoms with Gasteiger partial charge < -0.3 is 0 Å². The van der Waals surface area contributed by atoms with Crippen LogP contribution in [0.3, 0.4) is 0 Å². The molecule has 126 valence electrons. The SMILES string of the molecule is Cc1cc(-c2ccc(C)c(-c3ccccc3)c2)ncc1-c1ccccc1. The molecule has 1 heterocycles. The van der Waals surface area contributed by atoms with Crippen molar-refractivity contribution in [1.82, 2.24) is 4.98 Å². The molecule has 0 bridgehead atoms. The molecule has 0 spiro atoms. The maximum Gasteiger partial charge on any atom is 0.0705 e. The van der Waals surface area contributed by atoms with Gasteiger partial charge in [-0.1, -0.05) is 72.8 Å². The van der Waals surface area contributed by atoms with Crippen molar-refractivity contribution in [2.75, 3.05) is 0 Å². The van der Waals surface area contributed by atoms with E-state index in [2.05, 4.69) is 92.7 Å². The molecule has 3 aromatic carbocycles. The minimum atomic E-state index is 1.01. The lowest BCUT2D eigenvalue weighted by atomic mass is 9.95. The van der Waals surface area contributed by atoms with Crippen molar-refractivity contribution < 1.29 is 0 Å². The van der Waals surface area contributed by atoms with Gasteiger partial charge in [-0.2, -0.15) is 0 Å². The molecule has 1 heteroatoms. The van der Waals surface area contributed by atoms with Gasteiger partial charge in [-0.15, -0.1) is 0 Å². The van der Waals surface area contributed by atoms with Crippen LogP contribution in [0.25, 0.3) is 33.5 Å². The molecule has 0 saturated carbocycles. The van der Waals surface area contributed by atoms with Gasteiger partial charge in [0.2, 0.25) is 0 Å². The maximum atomic E-state index is 4.75. The lowest BCUT2D eigenvalue weighted by molar-refractivity contribution is 1.28. The zero-order valence-corrected chi connectivity index (χ0v) is 15.1. The molecule has 4 aromatic rings. The summed E-state index contributed by atoms with van der Waals surface area (Å²) in [6.45, 7) is 4.31. The van der Waals surface area contributed by atoms with Crippen molar-refractivity contribution in [3.63, 3.8) is 0 Å². The summed E-state index contributed by atoms with van der Waals surface area (Å²) in [5.74, 6) is 0. The van der Waals surface area contributed by atoms with E-state index in [4.69, 9.17) is 4.98 Å². The second-order valence-corrected chi connectivity index (χ2v) is 6.65. The summed E-state index contributed by atoms with van der Waals surface area (Å²) in [6.07, 6.45) is 1.99. The molecule has 1 aromatic heterocycles. The second-order valence-electron chi connectivity index (χ2n) is 6.65. The Kier molecular flexibility index (Phi) is 4.37. The zero-order chi connectivity index (χ0) is 17.9. The predicted molar refractivity (Wildman–Crippen MR) is 110 cm³/mol. The van der Waals surface area contributed by atoms with Gasteiger partial charge in [-0.3, -0.25) is 4.98 Å². The Morgan fingerprint density at radius 2 is 1.15 bits per heavy atom. The van der Waals surface area contributed by atoms with E-state index in [1.807, 2.05) is 12.3 Å². The van der Waals surface area contributed by atoms with E-state index < -0.39 is 0 Å². The number of nitrogens with zero attached hydrogens (tertiary/aromatic N) is 1. The van der Waals surface area contributed by atoms with Crippen LogP contribution in [-0.2, 0) is 0 Å². The van der Waals surface area contributed by atoms with E-state index >= 15 is 0 Å². The highest BCUT2D eigenvalue weighted by Crippen LogP contribution is 2.30.